The van der Waals surface area contributed by atoms with Gasteiger partial charge in [0.15, 0.2) is 6.61 Å². The van der Waals surface area contributed by atoms with Gasteiger partial charge in [0.25, 0.3) is 11.6 Å². The number of esters is 1. The van der Waals surface area contributed by atoms with E-state index in [9.17, 15) is 19.7 Å². The molecule has 2 aromatic rings. The highest BCUT2D eigenvalue weighted by Crippen LogP contribution is 2.25. The zero-order valence-corrected chi connectivity index (χ0v) is 17.6. The summed E-state index contributed by atoms with van der Waals surface area (Å²) in [5, 5.41) is 11.0. The zero-order chi connectivity index (χ0) is 21.6. The molecule has 0 saturated carbocycles. The van der Waals surface area contributed by atoms with Crippen LogP contribution in [0.2, 0.25) is 0 Å². The highest BCUT2D eigenvalue weighted by atomic mass is 32.2. The van der Waals surface area contributed by atoms with Gasteiger partial charge in [0.1, 0.15) is 0 Å². The van der Waals surface area contributed by atoms with Crippen LogP contribution in [0.25, 0.3) is 0 Å². The molecule has 0 radical (unpaired) electrons. The van der Waals surface area contributed by atoms with Crippen molar-refractivity contribution in [3.8, 4) is 0 Å². The molecule has 0 saturated heterocycles. The van der Waals surface area contributed by atoms with Crippen molar-refractivity contribution in [3.63, 3.8) is 0 Å². The smallest absolute Gasteiger partial charge is 0.341 e. The summed E-state index contributed by atoms with van der Waals surface area (Å²) in [4.78, 5) is 39.4. The van der Waals surface area contributed by atoms with Crippen LogP contribution in [-0.2, 0) is 16.1 Å². The number of nitro groups is 1. The first-order valence-electron chi connectivity index (χ1n) is 8.72. The standard InChI is InChI=1S/C20H23N3O5S/c1-21(2)18-10-7-15(23(26)27)11-17(18)20(25)28-13-19(24)22(3)12-14-5-8-16(29-4)9-6-14/h5-11H,12-13H2,1-4H3. The minimum absolute atomic E-state index is 0.0345. The van der Waals surface area contributed by atoms with Gasteiger partial charge < -0.3 is 14.5 Å². The molecule has 8 nitrogen and oxygen atoms in total. The van der Waals surface area contributed by atoms with E-state index in [2.05, 4.69) is 0 Å². The van der Waals surface area contributed by atoms with Crippen molar-refractivity contribution in [2.45, 2.75) is 11.4 Å². The Bertz CT molecular complexity index is 899. The van der Waals surface area contributed by atoms with Crippen molar-refractivity contribution in [2.24, 2.45) is 0 Å². The predicted molar refractivity (Wildman–Crippen MR) is 112 cm³/mol. The van der Waals surface area contributed by atoms with Gasteiger partial charge in [-0.3, -0.25) is 14.9 Å². The number of thioether (sulfide) groups is 1. The fraction of sp³-hybridized carbons (Fsp3) is 0.300. The van der Waals surface area contributed by atoms with E-state index >= 15 is 0 Å². The highest BCUT2D eigenvalue weighted by Gasteiger charge is 2.21. The molecule has 0 aliphatic rings. The number of amides is 1. The van der Waals surface area contributed by atoms with Crippen LogP contribution in [0.5, 0.6) is 0 Å². The Kier molecular flexibility index (Phi) is 7.60. The molecule has 29 heavy (non-hydrogen) atoms. The molecule has 0 atom stereocenters. The number of likely N-dealkylation sites (N-methyl/N-ethyl adjacent to an activating group) is 1. The quantitative estimate of drug-likeness (QED) is 0.282. The van der Waals surface area contributed by atoms with Crippen LogP contribution in [0.3, 0.4) is 0 Å². The molecule has 1 amide bonds. The van der Waals surface area contributed by atoms with Gasteiger partial charge >= 0.3 is 5.97 Å². The molecule has 0 heterocycles. The van der Waals surface area contributed by atoms with Crippen molar-refractivity contribution in [2.75, 3.05) is 38.9 Å². The molecule has 0 aliphatic carbocycles. The van der Waals surface area contributed by atoms with Gasteiger partial charge in [-0.05, 0) is 30.0 Å². The summed E-state index contributed by atoms with van der Waals surface area (Å²) >= 11 is 1.63. The summed E-state index contributed by atoms with van der Waals surface area (Å²) in [5.74, 6) is -1.16. The average molecular weight is 417 g/mol. The molecule has 0 N–H and O–H groups in total. The Morgan fingerprint density at radius 1 is 1.10 bits per heavy atom. The average Bonchev–Trinajstić information content (AvgIpc) is 2.71. The number of anilines is 1. The molecule has 0 spiro atoms. The molecule has 9 heteroatoms. The molecule has 0 unspecified atom stereocenters. The van der Waals surface area contributed by atoms with E-state index < -0.39 is 17.5 Å². The van der Waals surface area contributed by atoms with Gasteiger partial charge in [-0.2, -0.15) is 0 Å². The van der Waals surface area contributed by atoms with Crippen molar-refractivity contribution in [1.82, 2.24) is 4.90 Å². The molecular weight excluding hydrogens is 394 g/mol. The molecule has 2 rings (SSSR count). The SMILES string of the molecule is CSc1ccc(CN(C)C(=O)COC(=O)c2cc([N+](=O)[O-])ccc2N(C)C)cc1. The third-order valence-corrected chi connectivity index (χ3v) is 4.97. The summed E-state index contributed by atoms with van der Waals surface area (Å²) < 4.78 is 5.13. The zero-order valence-electron chi connectivity index (χ0n) is 16.7. The Labute approximate surface area is 173 Å². The predicted octanol–water partition coefficient (Wildman–Crippen LogP) is 3.20. The molecule has 0 bridgehead atoms. The maximum atomic E-state index is 12.5. The first kappa shape index (κ1) is 22.2. The lowest BCUT2D eigenvalue weighted by Gasteiger charge is -2.19. The van der Waals surface area contributed by atoms with Crippen LogP contribution in [0.4, 0.5) is 11.4 Å². The van der Waals surface area contributed by atoms with Gasteiger partial charge in [0.2, 0.25) is 0 Å². The molecule has 0 fully saturated rings. The first-order chi connectivity index (χ1) is 13.7. The number of benzene rings is 2. The van der Waals surface area contributed by atoms with Gasteiger partial charge in [0.05, 0.1) is 16.2 Å². The fourth-order valence-corrected chi connectivity index (χ4v) is 3.01. The number of carbonyl (C=O) groups is 2. The number of ether oxygens (including phenoxy) is 1. The molecule has 2 aromatic carbocycles. The lowest BCUT2D eigenvalue weighted by atomic mass is 10.1. The normalized spacial score (nSPS) is 10.3. The van der Waals surface area contributed by atoms with E-state index in [1.54, 1.807) is 37.8 Å². The van der Waals surface area contributed by atoms with Crippen molar-refractivity contribution < 1.29 is 19.2 Å². The number of hydrogen-bond donors (Lipinski definition) is 0. The van der Waals surface area contributed by atoms with Crippen LogP contribution in [-0.4, -0.2) is 55.7 Å². The van der Waals surface area contributed by atoms with Crippen LogP contribution >= 0.6 is 11.8 Å². The lowest BCUT2D eigenvalue weighted by molar-refractivity contribution is -0.384. The van der Waals surface area contributed by atoms with Crippen LogP contribution in [0.15, 0.2) is 47.4 Å². The summed E-state index contributed by atoms with van der Waals surface area (Å²) in [5.41, 5.74) is 1.24. The minimum atomic E-state index is -0.788. The van der Waals surface area contributed by atoms with Gasteiger partial charge in [-0.25, -0.2) is 4.79 Å². The second kappa shape index (κ2) is 9.92. The van der Waals surface area contributed by atoms with Crippen molar-refractivity contribution >= 4 is 35.0 Å². The lowest BCUT2D eigenvalue weighted by Crippen LogP contribution is -2.31. The third-order valence-electron chi connectivity index (χ3n) is 4.22. The Hall–Kier alpha value is -3.07. The number of carbonyl (C=O) groups excluding carboxylic acids is 2. The number of nitrogens with zero attached hydrogens (tertiary/aromatic N) is 3. The number of rotatable bonds is 8. The van der Waals surface area contributed by atoms with Crippen LogP contribution in [0, 0.1) is 10.1 Å². The van der Waals surface area contributed by atoms with E-state index in [0.717, 1.165) is 16.5 Å². The number of non-ortho nitro benzene ring substituents is 1. The topological polar surface area (TPSA) is 93.0 Å². The van der Waals surface area contributed by atoms with E-state index in [4.69, 9.17) is 4.74 Å². The molecule has 0 aromatic heterocycles. The minimum Gasteiger partial charge on any atom is -0.452 e. The van der Waals surface area contributed by atoms with E-state index in [-0.39, 0.29) is 17.2 Å². The Morgan fingerprint density at radius 3 is 2.31 bits per heavy atom. The molecule has 154 valence electrons. The van der Waals surface area contributed by atoms with Crippen molar-refractivity contribution in [3.05, 3.63) is 63.7 Å². The molecular formula is C20H23N3O5S. The highest BCUT2D eigenvalue weighted by molar-refractivity contribution is 7.98. The van der Waals surface area contributed by atoms with Gasteiger partial charge in [0, 0.05) is 44.7 Å². The van der Waals surface area contributed by atoms with Crippen molar-refractivity contribution in [1.29, 1.82) is 0 Å². The maximum Gasteiger partial charge on any atom is 0.341 e. The maximum absolute atomic E-state index is 12.5. The fourth-order valence-electron chi connectivity index (χ4n) is 2.60. The van der Waals surface area contributed by atoms with E-state index in [1.165, 1.54) is 17.0 Å². The van der Waals surface area contributed by atoms with E-state index in [1.807, 2.05) is 30.5 Å². The monoisotopic (exact) mass is 417 g/mol. The summed E-state index contributed by atoms with van der Waals surface area (Å²) in [6, 6.07) is 11.8. The summed E-state index contributed by atoms with van der Waals surface area (Å²) in [7, 11) is 5.04. The largest absolute Gasteiger partial charge is 0.452 e. The van der Waals surface area contributed by atoms with Gasteiger partial charge in [-0.15, -0.1) is 11.8 Å². The summed E-state index contributed by atoms with van der Waals surface area (Å²) in [6.07, 6.45) is 1.99. The third kappa shape index (κ3) is 5.95. The molecule has 0 aliphatic heterocycles. The van der Waals surface area contributed by atoms with Gasteiger partial charge in [-0.1, -0.05) is 12.1 Å². The summed E-state index contributed by atoms with van der Waals surface area (Å²) in [6.45, 7) is -0.0708. The number of hydrogen-bond acceptors (Lipinski definition) is 7. The Balaban J connectivity index is 2.02. The van der Waals surface area contributed by atoms with Crippen LogP contribution in [0.1, 0.15) is 15.9 Å². The second-order valence-corrected chi connectivity index (χ2v) is 7.41. The first-order valence-corrected chi connectivity index (χ1v) is 9.95. The van der Waals surface area contributed by atoms with E-state index in [0.29, 0.717) is 12.2 Å². The second-order valence-electron chi connectivity index (χ2n) is 6.53. The van der Waals surface area contributed by atoms with Crippen LogP contribution < -0.4 is 4.90 Å². The Morgan fingerprint density at radius 2 is 1.76 bits per heavy atom. The number of nitro benzene ring substituents is 1.